The lowest BCUT2D eigenvalue weighted by molar-refractivity contribution is -0.153. The summed E-state index contributed by atoms with van der Waals surface area (Å²) in [4.78, 5) is 67.0. The van der Waals surface area contributed by atoms with Crippen molar-refractivity contribution in [3.63, 3.8) is 0 Å². The minimum Gasteiger partial charge on any atom is -0.481 e. The molecule has 0 aromatic carbocycles. The Kier molecular flexibility index (Phi) is 11.5. The number of rotatable bonds is 13. The molecule has 8 N–H and O–H groups in total. The largest absolute Gasteiger partial charge is 0.481 e. The Morgan fingerprint density at radius 1 is 0.862 bits per heavy atom. The Labute approximate surface area is 164 Å². The number of hydrogen-bond donors (Lipinski definition) is 6. The molecule has 0 aliphatic heterocycles. The molecule has 0 saturated heterocycles. The van der Waals surface area contributed by atoms with E-state index in [4.69, 9.17) is 26.4 Å². The lowest BCUT2D eigenvalue weighted by Gasteiger charge is -2.16. The van der Waals surface area contributed by atoms with Crippen LogP contribution in [0.25, 0.3) is 0 Å². The van der Waals surface area contributed by atoms with E-state index in [9.17, 15) is 28.8 Å². The van der Waals surface area contributed by atoms with E-state index in [0.717, 1.165) is 0 Å². The van der Waals surface area contributed by atoms with Crippen LogP contribution in [0.15, 0.2) is 0 Å². The first-order chi connectivity index (χ1) is 13.4. The van der Waals surface area contributed by atoms with E-state index in [-0.39, 0.29) is 13.2 Å². The topological polar surface area (TPSA) is 237 Å². The van der Waals surface area contributed by atoms with Gasteiger partial charge in [-0.3, -0.25) is 24.0 Å². The highest BCUT2D eigenvalue weighted by Crippen LogP contribution is 1.94. The van der Waals surface area contributed by atoms with Gasteiger partial charge < -0.3 is 41.8 Å². The van der Waals surface area contributed by atoms with Crippen LogP contribution in [0.3, 0.4) is 0 Å². The average Bonchev–Trinajstić information content (AvgIpc) is 2.61. The SMILES string of the molecule is C[C@H](NC(=O)[C@@H](N)CC(=O)O)C(=O)OCCOC(=O)CNC(=O)C(N)CC(=O)O. The van der Waals surface area contributed by atoms with Crippen LogP contribution in [0.4, 0.5) is 0 Å². The number of esters is 2. The molecule has 2 amide bonds. The van der Waals surface area contributed by atoms with Crippen molar-refractivity contribution in [1.82, 2.24) is 10.6 Å². The van der Waals surface area contributed by atoms with Crippen molar-refractivity contribution >= 4 is 35.7 Å². The van der Waals surface area contributed by atoms with Crippen molar-refractivity contribution in [3.8, 4) is 0 Å². The van der Waals surface area contributed by atoms with Crippen molar-refractivity contribution in [1.29, 1.82) is 0 Å². The highest BCUT2D eigenvalue weighted by Gasteiger charge is 2.23. The van der Waals surface area contributed by atoms with Crippen LogP contribution in [0.2, 0.25) is 0 Å². The van der Waals surface area contributed by atoms with E-state index >= 15 is 0 Å². The van der Waals surface area contributed by atoms with Crippen LogP contribution < -0.4 is 22.1 Å². The van der Waals surface area contributed by atoms with Gasteiger partial charge in [-0.1, -0.05) is 0 Å². The molecule has 164 valence electrons. The fourth-order valence-electron chi connectivity index (χ4n) is 1.71. The van der Waals surface area contributed by atoms with Crippen molar-refractivity contribution in [2.75, 3.05) is 19.8 Å². The average molecular weight is 420 g/mol. The van der Waals surface area contributed by atoms with Gasteiger partial charge in [0.25, 0.3) is 0 Å². The van der Waals surface area contributed by atoms with Gasteiger partial charge >= 0.3 is 23.9 Å². The number of amides is 2. The van der Waals surface area contributed by atoms with Crippen molar-refractivity contribution in [2.24, 2.45) is 11.5 Å². The van der Waals surface area contributed by atoms with Crippen molar-refractivity contribution in [2.45, 2.75) is 37.9 Å². The molecule has 0 aliphatic carbocycles. The monoisotopic (exact) mass is 420 g/mol. The molecular formula is C15H24N4O10. The highest BCUT2D eigenvalue weighted by molar-refractivity contribution is 5.90. The summed E-state index contributed by atoms with van der Waals surface area (Å²) < 4.78 is 9.45. The van der Waals surface area contributed by atoms with Gasteiger partial charge in [0.15, 0.2) is 0 Å². The minimum absolute atomic E-state index is 0.346. The van der Waals surface area contributed by atoms with Gasteiger partial charge in [0, 0.05) is 0 Å². The van der Waals surface area contributed by atoms with E-state index in [0.29, 0.717) is 0 Å². The third-order valence-corrected chi connectivity index (χ3v) is 3.17. The quantitative estimate of drug-likeness (QED) is 0.125. The maximum absolute atomic E-state index is 11.7. The zero-order valence-corrected chi connectivity index (χ0v) is 15.6. The number of aliphatic carboxylic acids is 2. The standard InChI is InChI=1S/C15H24N4O10/c1-7(19-14(26)9(17)5-11(22)23)15(27)29-3-2-28-12(24)6-18-13(25)8(16)4-10(20)21/h7-9H,2-6,16-17H2,1H3,(H,18,25)(H,19,26)(H,20,21)(H,22,23)/t7-,8?,9-/m0/s1. The summed E-state index contributed by atoms with van der Waals surface area (Å²) in [7, 11) is 0. The highest BCUT2D eigenvalue weighted by atomic mass is 16.6. The summed E-state index contributed by atoms with van der Waals surface area (Å²) in [5, 5.41) is 21.3. The van der Waals surface area contributed by atoms with Crippen molar-refractivity contribution < 1.29 is 48.5 Å². The third kappa shape index (κ3) is 11.9. The molecule has 0 radical (unpaired) electrons. The van der Waals surface area contributed by atoms with Gasteiger partial charge in [-0.15, -0.1) is 0 Å². The van der Waals surface area contributed by atoms with Gasteiger partial charge in [0.2, 0.25) is 11.8 Å². The van der Waals surface area contributed by atoms with Crippen LogP contribution in [-0.2, 0) is 38.2 Å². The van der Waals surface area contributed by atoms with Crippen LogP contribution in [0, 0.1) is 0 Å². The smallest absolute Gasteiger partial charge is 0.328 e. The molecule has 0 heterocycles. The second-order valence-electron chi connectivity index (χ2n) is 5.74. The lowest BCUT2D eigenvalue weighted by Crippen LogP contribution is -2.48. The number of nitrogens with one attached hydrogen (secondary N) is 2. The Balaban J connectivity index is 4.05. The number of carbonyl (C=O) groups excluding carboxylic acids is 4. The molecule has 0 aliphatic rings. The molecule has 0 fully saturated rings. The third-order valence-electron chi connectivity index (χ3n) is 3.17. The number of carbonyl (C=O) groups is 6. The molecule has 0 bridgehead atoms. The summed E-state index contributed by atoms with van der Waals surface area (Å²) in [5.74, 6) is -5.99. The Morgan fingerprint density at radius 2 is 1.34 bits per heavy atom. The van der Waals surface area contributed by atoms with E-state index in [2.05, 4.69) is 15.4 Å². The second kappa shape index (κ2) is 13.0. The molecule has 0 spiro atoms. The van der Waals surface area contributed by atoms with Crippen LogP contribution in [0.5, 0.6) is 0 Å². The number of carboxylic acids is 2. The van der Waals surface area contributed by atoms with Crippen LogP contribution in [-0.4, -0.2) is 83.8 Å². The van der Waals surface area contributed by atoms with Gasteiger partial charge in [-0.05, 0) is 6.92 Å². The normalized spacial score (nSPS) is 13.3. The Morgan fingerprint density at radius 3 is 1.86 bits per heavy atom. The first-order valence-electron chi connectivity index (χ1n) is 8.29. The summed E-state index contributed by atoms with van der Waals surface area (Å²) in [6.07, 6.45) is -1.21. The predicted octanol–water partition coefficient (Wildman–Crippen LogP) is -3.70. The summed E-state index contributed by atoms with van der Waals surface area (Å²) in [6.45, 7) is 0.0307. The van der Waals surface area contributed by atoms with Crippen LogP contribution in [0.1, 0.15) is 19.8 Å². The number of carboxylic acid groups (broad SMARTS) is 2. The first kappa shape index (κ1) is 25.7. The minimum atomic E-state index is -1.33. The maximum atomic E-state index is 11.7. The van der Waals surface area contributed by atoms with Crippen molar-refractivity contribution in [3.05, 3.63) is 0 Å². The number of nitrogens with two attached hydrogens (primary N) is 2. The zero-order valence-electron chi connectivity index (χ0n) is 15.6. The van der Waals surface area contributed by atoms with E-state index in [1.54, 1.807) is 0 Å². The Bertz CT molecular complexity index is 639. The second-order valence-corrected chi connectivity index (χ2v) is 5.74. The zero-order chi connectivity index (χ0) is 22.6. The molecule has 0 saturated carbocycles. The lowest BCUT2D eigenvalue weighted by atomic mass is 10.2. The van der Waals surface area contributed by atoms with Crippen LogP contribution >= 0.6 is 0 Å². The molecule has 1 unspecified atom stereocenters. The molecule has 3 atom stereocenters. The number of hydrogen-bond acceptors (Lipinski definition) is 10. The molecule has 0 rings (SSSR count). The van der Waals surface area contributed by atoms with E-state index < -0.39 is 73.2 Å². The molecular weight excluding hydrogens is 396 g/mol. The first-order valence-corrected chi connectivity index (χ1v) is 8.29. The predicted molar refractivity (Wildman–Crippen MR) is 93.0 cm³/mol. The number of ether oxygens (including phenoxy) is 2. The fourth-order valence-corrected chi connectivity index (χ4v) is 1.71. The summed E-state index contributed by atoms with van der Waals surface area (Å²) in [5.41, 5.74) is 10.6. The summed E-state index contributed by atoms with van der Waals surface area (Å²) in [6, 6.07) is -3.77. The molecule has 0 aromatic heterocycles. The molecule has 14 nitrogen and oxygen atoms in total. The molecule has 0 aromatic rings. The summed E-state index contributed by atoms with van der Waals surface area (Å²) >= 11 is 0. The maximum Gasteiger partial charge on any atom is 0.328 e. The molecule has 29 heavy (non-hydrogen) atoms. The fraction of sp³-hybridized carbons (Fsp3) is 0.600. The van der Waals surface area contributed by atoms with Gasteiger partial charge in [0.05, 0.1) is 24.9 Å². The molecule has 14 heteroatoms. The van der Waals surface area contributed by atoms with E-state index in [1.807, 2.05) is 0 Å². The Hall–Kier alpha value is -3.26. The van der Waals surface area contributed by atoms with Gasteiger partial charge in [-0.25, -0.2) is 4.79 Å². The van der Waals surface area contributed by atoms with E-state index in [1.165, 1.54) is 6.92 Å². The van der Waals surface area contributed by atoms with Gasteiger partial charge in [0.1, 0.15) is 25.8 Å². The van der Waals surface area contributed by atoms with Gasteiger partial charge in [-0.2, -0.15) is 0 Å².